The molecule has 21 heavy (non-hydrogen) atoms. The minimum absolute atomic E-state index is 0.641. The molecule has 0 aromatic heterocycles. The number of hydrogen-bond donors (Lipinski definition) is 1. The monoisotopic (exact) mass is 353 g/mol. The summed E-state index contributed by atoms with van der Waals surface area (Å²) in [6.45, 7) is 2.30. The van der Waals surface area contributed by atoms with Crippen molar-refractivity contribution in [2.75, 3.05) is 14.2 Å². The van der Waals surface area contributed by atoms with E-state index in [2.05, 4.69) is 53.4 Å². The second-order valence-corrected chi connectivity index (χ2v) is 7.20. The zero-order valence-electron chi connectivity index (χ0n) is 13.5. The van der Waals surface area contributed by atoms with Gasteiger partial charge in [0.05, 0.1) is 7.11 Å². The van der Waals surface area contributed by atoms with Gasteiger partial charge in [-0.2, -0.15) is 0 Å². The summed E-state index contributed by atoms with van der Waals surface area (Å²) in [5.41, 5.74) is 1.33. The van der Waals surface area contributed by atoms with Gasteiger partial charge in [-0.3, -0.25) is 0 Å². The molecule has 2 nitrogen and oxygen atoms in total. The summed E-state index contributed by atoms with van der Waals surface area (Å²) >= 11 is 3.59. The van der Waals surface area contributed by atoms with E-state index in [9.17, 15) is 0 Å². The van der Waals surface area contributed by atoms with Crippen LogP contribution in [-0.4, -0.2) is 20.2 Å². The zero-order valence-corrected chi connectivity index (χ0v) is 15.1. The van der Waals surface area contributed by atoms with Gasteiger partial charge in [0.1, 0.15) is 5.75 Å². The van der Waals surface area contributed by atoms with E-state index in [1.807, 2.05) is 0 Å². The van der Waals surface area contributed by atoms with Gasteiger partial charge in [-0.25, -0.2) is 0 Å². The molecule has 0 aliphatic heterocycles. The SMILES string of the molecule is CCCC1CCC(NC)C(Cc2cc(Br)ccc2OC)C1. The third kappa shape index (κ3) is 4.46. The van der Waals surface area contributed by atoms with Crippen molar-refractivity contribution in [2.24, 2.45) is 11.8 Å². The third-order valence-electron chi connectivity index (χ3n) is 4.88. The maximum Gasteiger partial charge on any atom is 0.122 e. The molecule has 0 amide bonds. The first-order chi connectivity index (χ1) is 10.2. The van der Waals surface area contributed by atoms with Crippen molar-refractivity contribution in [3.63, 3.8) is 0 Å². The van der Waals surface area contributed by atoms with Crippen LogP contribution in [0.2, 0.25) is 0 Å². The second-order valence-electron chi connectivity index (χ2n) is 6.28. The molecule has 2 rings (SSSR count). The summed E-state index contributed by atoms with van der Waals surface area (Å²) in [6.07, 6.45) is 7.82. The van der Waals surface area contributed by atoms with Crippen LogP contribution in [0, 0.1) is 11.8 Å². The van der Waals surface area contributed by atoms with Crippen LogP contribution in [0.15, 0.2) is 22.7 Å². The topological polar surface area (TPSA) is 21.3 Å². The number of rotatable bonds is 6. The van der Waals surface area contributed by atoms with Gasteiger partial charge in [-0.1, -0.05) is 35.7 Å². The molecule has 118 valence electrons. The highest BCUT2D eigenvalue weighted by Crippen LogP contribution is 2.36. The quantitative estimate of drug-likeness (QED) is 0.792. The Bertz CT molecular complexity index is 449. The molecule has 1 aliphatic rings. The third-order valence-corrected chi connectivity index (χ3v) is 5.38. The maximum absolute atomic E-state index is 5.54. The van der Waals surface area contributed by atoms with Crippen LogP contribution in [0.1, 0.15) is 44.6 Å². The lowest BCUT2D eigenvalue weighted by molar-refractivity contribution is 0.199. The van der Waals surface area contributed by atoms with Crippen molar-refractivity contribution in [1.82, 2.24) is 5.32 Å². The highest BCUT2D eigenvalue weighted by molar-refractivity contribution is 9.10. The largest absolute Gasteiger partial charge is 0.496 e. The van der Waals surface area contributed by atoms with Crippen LogP contribution < -0.4 is 10.1 Å². The van der Waals surface area contributed by atoms with Crippen molar-refractivity contribution in [3.8, 4) is 5.75 Å². The summed E-state index contributed by atoms with van der Waals surface area (Å²) < 4.78 is 6.68. The predicted molar refractivity (Wildman–Crippen MR) is 93.0 cm³/mol. The number of benzene rings is 1. The first kappa shape index (κ1) is 16.8. The Morgan fingerprint density at radius 1 is 1.33 bits per heavy atom. The average molecular weight is 354 g/mol. The maximum atomic E-state index is 5.54. The first-order valence-corrected chi connectivity index (χ1v) is 8.96. The molecule has 1 fully saturated rings. The average Bonchev–Trinajstić information content (AvgIpc) is 2.48. The van der Waals surface area contributed by atoms with E-state index in [0.29, 0.717) is 12.0 Å². The lowest BCUT2D eigenvalue weighted by Gasteiger charge is -2.36. The molecule has 1 N–H and O–H groups in total. The molecule has 1 aromatic carbocycles. The molecule has 3 unspecified atom stereocenters. The van der Waals surface area contributed by atoms with E-state index in [1.54, 1.807) is 7.11 Å². The van der Waals surface area contributed by atoms with Crippen LogP contribution in [0.25, 0.3) is 0 Å². The Morgan fingerprint density at radius 3 is 2.81 bits per heavy atom. The fourth-order valence-corrected chi connectivity index (χ4v) is 4.23. The fraction of sp³-hybridized carbons (Fsp3) is 0.667. The molecule has 1 aromatic rings. The summed E-state index contributed by atoms with van der Waals surface area (Å²) in [5.74, 6) is 2.64. The molecular weight excluding hydrogens is 326 g/mol. The number of methoxy groups -OCH3 is 1. The van der Waals surface area contributed by atoms with Gasteiger partial charge in [0.15, 0.2) is 0 Å². The van der Waals surface area contributed by atoms with Crippen molar-refractivity contribution >= 4 is 15.9 Å². The number of nitrogens with one attached hydrogen (secondary N) is 1. The van der Waals surface area contributed by atoms with Gasteiger partial charge in [-0.15, -0.1) is 0 Å². The standard InChI is InChI=1S/C18H28BrNO/c1-4-5-13-6-8-17(20-2)14(10-13)11-15-12-16(19)7-9-18(15)21-3/h7,9,12-14,17,20H,4-6,8,10-11H2,1-3H3. The fourth-order valence-electron chi connectivity index (χ4n) is 3.83. The van der Waals surface area contributed by atoms with E-state index in [0.717, 1.165) is 22.6 Å². The van der Waals surface area contributed by atoms with Crippen LogP contribution in [0.5, 0.6) is 5.75 Å². The first-order valence-electron chi connectivity index (χ1n) is 8.17. The number of halogens is 1. The molecule has 3 heteroatoms. The highest BCUT2D eigenvalue weighted by Gasteiger charge is 2.29. The van der Waals surface area contributed by atoms with Crippen molar-refractivity contribution < 1.29 is 4.74 Å². The van der Waals surface area contributed by atoms with Gasteiger partial charge >= 0.3 is 0 Å². The van der Waals surface area contributed by atoms with Crippen LogP contribution >= 0.6 is 15.9 Å². The molecular formula is C18H28BrNO. The van der Waals surface area contributed by atoms with Gasteiger partial charge in [0.2, 0.25) is 0 Å². The summed E-state index contributed by atoms with van der Waals surface area (Å²) in [7, 11) is 3.87. The Balaban J connectivity index is 2.12. The molecule has 1 aliphatic carbocycles. The van der Waals surface area contributed by atoms with Crippen molar-refractivity contribution in [1.29, 1.82) is 0 Å². The molecule has 1 saturated carbocycles. The zero-order chi connectivity index (χ0) is 15.2. The van der Waals surface area contributed by atoms with E-state index >= 15 is 0 Å². The lowest BCUT2D eigenvalue weighted by atomic mass is 9.74. The van der Waals surface area contributed by atoms with Crippen LogP contribution in [0.3, 0.4) is 0 Å². The van der Waals surface area contributed by atoms with E-state index < -0.39 is 0 Å². The predicted octanol–water partition coefficient (Wildman–Crippen LogP) is 4.80. The minimum Gasteiger partial charge on any atom is -0.496 e. The highest BCUT2D eigenvalue weighted by atomic mass is 79.9. The Kier molecular flexibility index (Phi) is 6.56. The van der Waals surface area contributed by atoms with Gasteiger partial charge in [0.25, 0.3) is 0 Å². The molecule has 0 saturated heterocycles. The number of ether oxygens (including phenoxy) is 1. The lowest BCUT2D eigenvalue weighted by Crippen LogP contribution is -2.39. The van der Waals surface area contributed by atoms with Gasteiger partial charge in [-0.05, 0) is 68.3 Å². The molecule has 0 bridgehead atoms. The van der Waals surface area contributed by atoms with E-state index in [-0.39, 0.29) is 0 Å². The van der Waals surface area contributed by atoms with Gasteiger partial charge < -0.3 is 10.1 Å². The van der Waals surface area contributed by atoms with Gasteiger partial charge in [0, 0.05) is 10.5 Å². The molecule has 0 spiro atoms. The van der Waals surface area contributed by atoms with Crippen LogP contribution in [-0.2, 0) is 6.42 Å². The van der Waals surface area contributed by atoms with Crippen LogP contribution in [0.4, 0.5) is 0 Å². The Labute approximate surface area is 137 Å². The molecule has 0 heterocycles. The van der Waals surface area contributed by atoms with E-state index in [4.69, 9.17) is 4.74 Å². The normalized spacial score (nSPS) is 25.8. The number of hydrogen-bond acceptors (Lipinski definition) is 2. The Morgan fingerprint density at radius 2 is 2.14 bits per heavy atom. The van der Waals surface area contributed by atoms with Crippen molar-refractivity contribution in [2.45, 2.75) is 51.5 Å². The smallest absolute Gasteiger partial charge is 0.122 e. The van der Waals surface area contributed by atoms with E-state index in [1.165, 1.54) is 37.7 Å². The second kappa shape index (κ2) is 8.19. The summed E-state index contributed by atoms with van der Waals surface area (Å²) in [6, 6.07) is 6.98. The molecule has 0 radical (unpaired) electrons. The van der Waals surface area contributed by atoms with Crippen molar-refractivity contribution in [3.05, 3.63) is 28.2 Å². The molecule has 3 atom stereocenters. The summed E-state index contributed by atoms with van der Waals surface area (Å²) in [4.78, 5) is 0. The Hall–Kier alpha value is -0.540. The minimum atomic E-state index is 0.641. The summed E-state index contributed by atoms with van der Waals surface area (Å²) in [5, 5.41) is 3.54.